The number of hydrogen-bond donors (Lipinski definition) is 2. The van der Waals surface area contributed by atoms with Gasteiger partial charge in [0, 0.05) is 20.0 Å². The molecule has 1 saturated carbocycles. The molecule has 1 aliphatic rings. The summed E-state index contributed by atoms with van der Waals surface area (Å²) < 4.78 is 22.9. The van der Waals surface area contributed by atoms with E-state index in [4.69, 9.17) is 5.14 Å². The summed E-state index contributed by atoms with van der Waals surface area (Å²) in [5.74, 6) is -0.0414. The first-order valence-corrected chi connectivity index (χ1v) is 8.48. The number of nitrogens with one attached hydrogen (secondary N) is 1. The van der Waals surface area contributed by atoms with Crippen molar-refractivity contribution in [3.05, 3.63) is 18.2 Å². The van der Waals surface area contributed by atoms with Crippen LogP contribution in [-0.4, -0.2) is 28.4 Å². The van der Waals surface area contributed by atoms with Gasteiger partial charge in [0.2, 0.25) is 15.9 Å². The second-order valence-electron chi connectivity index (χ2n) is 5.59. The van der Waals surface area contributed by atoms with E-state index >= 15 is 0 Å². The van der Waals surface area contributed by atoms with Crippen LogP contribution in [0.3, 0.4) is 0 Å². The molecule has 0 heterocycles. The van der Waals surface area contributed by atoms with Gasteiger partial charge in [-0.05, 0) is 31.0 Å². The van der Waals surface area contributed by atoms with Crippen LogP contribution in [0.5, 0.6) is 0 Å². The number of anilines is 2. The van der Waals surface area contributed by atoms with Crippen LogP contribution in [0, 0.1) is 5.92 Å². The van der Waals surface area contributed by atoms with Crippen LogP contribution in [0.25, 0.3) is 0 Å². The minimum Gasteiger partial charge on any atom is -0.376 e. The van der Waals surface area contributed by atoms with Gasteiger partial charge in [-0.3, -0.25) is 4.79 Å². The Morgan fingerprint density at radius 2 is 1.90 bits per heavy atom. The lowest BCUT2D eigenvalue weighted by atomic mass is 10.1. The highest BCUT2D eigenvalue weighted by Gasteiger charge is 2.24. The Balaban J connectivity index is 2.32. The molecule has 0 bridgehead atoms. The van der Waals surface area contributed by atoms with Crippen LogP contribution in [0.4, 0.5) is 11.4 Å². The molecule has 0 aromatic heterocycles. The second kappa shape index (κ2) is 6.03. The Bertz CT molecular complexity index is 635. The smallest absolute Gasteiger partial charge is 0.238 e. The van der Waals surface area contributed by atoms with Gasteiger partial charge in [0.15, 0.2) is 0 Å². The molecule has 0 saturated heterocycles. The number of benzene rings is 1. The van der Waals surface area contributed by atoms with Crippen LogP contribution in [0.2, 0.25) is 0 Å². The van der Waals surface area contributed by atoms with Crippen molar-refractivity contribution in [1.82, 2.24) is 0 Å². The predicted octanol–water partition coefficient (Wildman–Crippen LogP) is 1.53. The van der Waals surface area contributed by atoms with Crippen molar-refractivity contribution >= 4 is 27.3 Å². The van der Waals surface area contributed by atoms with Gasteiger partial charge >= 0.3 is 0 Å². The maximum atomic E-state index is 12.2. The summed E-state index contributed by atoms with van der Waals surface area (Å²) in [5.41, 5.74) is 1.22. The minimum atomic E-state index is -3.79. The van der Waals surface area contributed by atoms with Gasteiger partial charge in [-0.25, -0.2) is 13.6 Å². The van der Waals surface area contributed by atoms with Crippen molar-refractivity contribution < 1.29 is 13.2 Å². The summed E-state index contributed by atoms with van der Waals surface area (Å²) in [6.45, 7) is 0. The normalized spacial score (nSPS) is 16.0. The standard InChI is InChI=1S/C14H21N3O3S/c1-17(2)13-8-7-11(21(15,19)20)9-12(13)16-14(18)10-5-3-4-6-10/h7-10H,3-6H2,1-2H3,(H,16,18)(H2,15,19,20). The number of carbonyl (C=O) groups is 1. The Morgan fingerprint density at radius 3 is 2.43 bits per heavy atom. The SMILES string of the molecule is CN(C)c1ccc(S(N)(=O)=O)cc1NC(=O)C1CCCC1. The molecule has 0 spiro atoms. The van der Waals surface area contributed by atoms with E-state index in [1.165, 1.54) is 12.1 Å². The molecule has 3 N–H and O–H groups in total. The van der Waals surface area contributed by atoms with E-state index in [1.807, 2.05) is 19.0 Å². The molecule has 6 nitrogen and oxygen atoms in total. The van der Waals surface area contributed by atoms with Gasteiger partial charge in [-0.15, -0.1) is 0 Å². The quantitative estimate of drug-likeness (QED) is 0.882. The van der Waals surface area contributed by atoms with Crippen molar-refractivity contribution in [2.45, 2.75) is 30.6 Å². The number of carbonyl (C=O) groups excluding carboxylic acids is 1. The number of sulfonamides is 1. The maximum Gasteiger partial charge on any atom is 0.238 e. The largest absolute Gasteiger partial charge is 0.376 e. The lowest BCUT2D eigenvalue weighted by Crippen LogP contribution is -2.23. The van der Waals surface area contributed by atoms with Crippen LogP contribution in [-0.2, 0) is 14.8 Å². The number of primary sulfonamides is 1. The number of nitrogens with two attached hydrogens (primary N) is 1. The van der Waals surface area contributed by atoms with Gasteiger partial charge in [-0.1, -0.05) is 12.8 Å². The molecular formula is C14H21N3O3S. The third-order valence-electron chi connectivity index (χ3n) is 3.76. The summed E-state index contributed by atoms with van der Waals surface area (Å²) in [6, 6.07) is 4.50. The van der Waals surface area contributed by atoms with Crippen LogP contribution in [0.15, 0.2) is 23.1 Å². The lowest BCUT2D eigenvalue weighted by molar-refractivity contribution is -0.119. The van der Waals surface area contributed by atoms with Crippen LogP contribution < -0.4 is 15.4 Å². The number of nitrogens with zero attached hydrogens (tertiary/aromatic N) is 1. The van der Waals surface area contributed by atoms with E-state index in [1.54, 1.807) is 6.07 Å². The Hall–Kier alpha value is -1.60. The first kappa shape index (κ1) is 15.8. The molecule has 1 fully saturated rings. The second-order valence-corrected chi connectivity index (χ2v) is 7.15. The highest BCUT2D eigenvalue weighted by atomic mass is 32.2. The molecule has 21 heavy (non-hydrogen) atoms. The first-order valence-electron chi connectivity index (χ1n) is 6.94. The molecular weight excluding hydrogens is 290 g/mol. The summed E-state index contributed by atoms with van der Waals surface area (Å²) >= 11 is 0. The highest BCUT2D eigenvalue weighted by Crippen LogP contribution is 2.30. The maximum absolute atomic E-state index is 12.2. The molecule has 0 aliphatic heterocycles. The zero-order valence-corrected chi connectivity index (χ0v) is 13.1. The summed E-state index contributed by atoms with van der Waals surface area (Å²) in [4.78, 5) is 14.1. The molecule has 7 heteroatoms. The summed E-state index contributed by atoms with van der Waals surface area (Å²) in [5, 5.41) is 8.00. The van der Waals surface area contributed by atoms with E-state index in [2.05, 4.69) is 5.32 Å². The van der Waals surface area contributed by atoms with Crippen LogP contribution in [0.1, 0.15) is 25.7 Å². The van der Waals surface area contributed by atoms with E-state index in [0.29, 0.717) is 5.69 Å². The van der Waals surface area contributed by atoms with Gasteiger partial charge < -0.3 is 10.2 Å². The fourth-order valence-corrected chi connectivity index (χ4v) is 3.14. The van der Waals surface area contributed by atoms with Crippen molar-refractivity contribution in [3.8, 4) is 0 Å². The Morgan fingerprint density at radius 1 is 1.29 bits per heavy atom. The average molecular weight is 311 g/mol. The Kier molecular flexibility index (Phi) is 4.53. The molecule has 1 aromatic carbocycles. The lowest BCUT2D eigenvalue weighted by Gasteiger charge is -2.20. The average Bonchev–Trinajstić information content (AvgIpc) is 2.91. The molecule has 0 atom stereocenters. The van der Waals surface area contributed by atoms with E-state index < -0.39 is 10.0 Å². The van der Waals surface area contributed by atoms with E-state index in [0.717, 1.165) is 31.4 Å². The van der Waals surface area contributed by atoms with Gasteiger partial charge in [-0.2, -0.15) is 0 Å². The zero-order valence-electron chi connectivity index (χ0n) is 12.3. The first-order chi connectivity index (χ1) is 9.79. The van der Waals surface area contributed by atoms with Gasteiger partial charge in [0.1, 0.15) is 0 Å². The van der Waals surface area contributed by atoms with Crippen LogP contribution >= 0.6 is 0 Å². The van der Waals surface area contributed by atoms with Crippen molar-refractivity contribution in [3.63, 3.8) is 0 Å². The monoisotopic (exact) mass is 311 g/mol. The zero-order chi connectivity index (χ0) is 15.6. The van der Waals surface area contributed by atoms with E-state index in [9.17, 15) is 13.2 Å². The van der Waals surface area contributed by atoms with Gasteiger partial charge in [0.25, 0.3) is 0 Å². The molecule has 116 valence electrons. The molecule has 0 radical (unpaired) electrons. The number of hydrogen-bond acceptors (Lipinski definition) is 4. The summed E-state index contributed by atoms with van der Waals surface area (Å²) in [7, 11) is -0.131. The van der Waals surface area contributed by atoms with Gasteiger partial charge in [0.05, 0.1) is 16.3 Å². The number of amides is 1. The third-order valence-corrected chi connectivity index (χ3v) is 4.67. The molecule has 1 aromatic rings. The molecule has 2 rings (SSSR count). The minimum absolute atomic E-state index is 0.00479. The Labute approximate surface area is 125 Å². The van der Waals surface area contributed by atoms with Crippen molar-refractivity contribution in [2.24, 2.45) is 11.1 Å². The molecule has 0 unspecified atom stereocenters. The highest BCUT2D eigenvalue weighted by molar-refractivity contribution is 7.89. The number of rotatable bonds is 4. The molecule has 1 aliphatic carbocycles. The predicted molar refractivity (Wildman–Crippen MR) is 82.7 cm³/mol. The summed E-state index contributed by atoms with van der Waals surface area (Å²) in [6.07, 6.45) is 3.90. The third kappa shape index (κ3) is 3.74. The molecule has 1 amide bonds. The van der Waals surface area contributed by atoms with E-state index in [-0.39, 0.29) is 16.7 Å². The fourth-order valence-electron chi connectivity index (χ4n) is 2.61. The fraction of sp³-hybridized carbons (Fsp3) is 0.500. The van der Waals surface area contributed by atoms with Crippen molar-refractivity contribution in [1.29, 1.82) is 0 Å². The van der Waals surface area contributed by atoms with Crippen molar-refractivity contribution in [2.75, 3.05) is 24.3 Å². The topological polar surface area (TPSA) is 92.5 Å².